The lowest BCUT2D eigenvalue weighted by Gasteiger charge is -2.28. The summed E-state index contributed by atoms with van der Waals surface area (Å²) in [6, 6.07) is 5.99. The van der Waals surface area contributed by atoms with E-state index in [0.29, 0.717) is 13.3 Å². The van der Waals surface area contributed by atoms with E-state index in [-0.39, 0.29) is 0 Å². The van der Waals surface area contributed by atoms with Crippen LogP contribution in [0.5, 0.6) is 11.5 Å². The molecule has 0 saturated carbocycles. The van der Waals surface area contributed by atoms with E-state index >= 15 is 0 Å². The first kappa shape index (κ1) is 13.2. The van der Waals surface area contributed by atoms with E-state index in [2.05, 4.69) is 11.8 Å². The molecular formula is C14H21NO3. The van der Waals surface area contributed by atoms with E-state index in [1.807, 2.05) is 32.0 Å². The fourth-order valence-electron chi connectivity index (χ4n) is 2.12. The van der Waals surface area contributed by atoms with E-state index in [9.17, 15) is 5.11 Å². The lowest BCUT2D eigenvalue weighted by Crippen LogP contribution is -2.38. The molecule has 0 saturated heterocycles. The number of aliphatic hydroxyl groups is 1. The summed E-state index contributed by atoms with van der Waals surface area (Å²) >= 11 is 0. The molecule has 0 aromatic heterocycles. The number of rotatable bonds is 5. The molecule has 0 fully saturated rings. The number of likely N-dealkylation sites (N-methyl/N-ethyl adjacent to an activating group) is 1. The maximum Gasteiger partial charge on any atom is 0.231 e. The second-order valence-electron chi connectivity index (χ2n) is 5.30. The summed E-state index contributed by atoms with van der Waals surface area (Å²) in [6.45, 7) is 8.41. The predicted octanol–water partition coefficient (Wildman–Crippen LogP) is 2.01. The summed E-state index contributed by atoms with van der Waals surface area (Å²) in [5, 5.41) is 9.87. The van der Waals surface area contributed by atoms with Gasteiger partial charge in [0.05, 0.1) is 5.60 Å². The molecule has 1 heterocycles. The number of benzene rings is 1. The Morgan fingerprint density at radius 2 is 2.00 bits per heavy atom. The van der Waals surface area contributed by atoms with Gasteiger partial charge in [0, 0.05) is 13.1 Å². The zero-order chi connectivity index (χ0) is 13.2. The first-order valence-corrected chi connectivity index (χ1v) is 6.31. The Bertz CT molecular complexity index is 412. The fourth-order valence-corrected chi connectivity index (χ4v) is 2.12. The van der Waals surface area contributed by atoms with Gasteiger partial charge in [-0.1, -0.05) is 13.0 Å². The average Bonchev–Trinajstić information content (AvgIpc) is 2.73. The molecule has 18 heavy (non-hydrogen) atoms. The summed E-state index contributed by atoms with van der Waals surface area (Å²) in [5.74, 6) is 1.62. The highest BCUT2D eigenvalue weighted by Gasteiger charge is 2.18. The van der Waals surface area contributed by atoms with Crippen molar-refractivity contribution in [3.05, 3.63) is 23.8 Å². The molecule has 0 atom stereocenters. The highest BCUT2D eigenvalue weighted by atomic mass is 16.7. The van der Waals surface area contributed by atoms with Crippen molar-refractivity contribution in [2.45, 2.75) is 32.9 Å². The summed E-state index contributed by atoms with van der Waals surface area (Å²) in [5.41, 5.74) is 0.497. The number of fused-ring (bicyclic) bond motifs is 1. The molecule has 0 radical (unpaired) electrons. The van der Waals surface area contributed by atoms with Gasteiger partial charge in [-0.15, -0.1) is 0 Å². The number of hydrogen-bond acceptors (Lipinski definition) is 4. The molecule has 0 amide bonds. The Morgan fingerprint density at radius 1 is 1.28 bits per heavy atom. The number of nitrogens with zero attached hydrogens (tertiary/aromatic N) is 1. The van der Waals surface area contributed by atoms with Gasteiger partial charge in [0.25, 0.3) is 0 Å². The molecule has 0 spiro atoms. The summed E-state index contributed by atoms with van der Waals surface area (Å²) < 4.78 is 10.7. The molecule has 4 nitrogen and oxygen atoms in total. The lowest BCUT2D eigenvalue weighted by atomic mass is 10.1. The van der Waals surface area contributed by atoms with Crippen LogP contribution in [0.15, 0.2) is 18.2 Å². The molecule has 4 heteroatoms. The van der Waals surface area contributed by atoms with Crippen molar-refractivity contribution in [3.8, 4) is 11.5 Å². The number of hydrogen-bond donors (Lipinski definition) is 1. The lowest BCUT2D eigenvalue weighted by molar-refractivity contribution is 0.0353. The van der Waals surface area contributed by atoms with Gasteiger partial charge >= 0.3 is 0 Å². The molecule has 1 aliphatic rings. The van der Waals surface area contributed by atoms with Gasteiger partial charge < -0.3 is 14.6 Å². The largest absolute Gasteiger partial charge is 0.454 e. The van der Waals surface area contributed by atoms with Crippen molar-refractivity contribution in [2.75, 3.05) is 19.9 Å². The van der Waals surface area contributed by atoms with Gasteiger partial charge in [-0.25, -0.2) is 0 Å². The van der Waals surface area contributed by atoms with Crippen LogP contribution in [-0.2, 0) is 6.54 Å². The van der Waals surface area contributed by atoms with Gasteiger partial charge in [0.2, 0.25) is 6.79 Å². The van der Waals surface area contributed by atoms with Crippen LogP contribution >= 0.6 is 0 Å². The third kappa shape index (κ3) is 3.37. The Hall–Kier alpha value is -1.26. The smallest absolute Gasteiger partial charge is 0.231 e. The van der Waals surface area contributed by atoms with Crippen LogP contribution in [-0.4, -0.2) is 35.5 Å². The normalized spacial score (nSPS) is 14.3. The maximum absolute atomic E-state index is 9.87. The van der Waals surface area contributed by atoms with E-state index < -0.39 is 5.60 Å². The monoisotopic (exact) mass is 251 g/mol. The van der Waals surface area contributed by atoms with E-state index in [1.54, 1.807) is 0 Å². The van der Waals surface area contributed by atoms with Crippen LogP contribution in [0.2, 0.25) is 0 Å². The van der Waals surface area contributed by atoms with Crippen LogP contribution < -0.4 is 9.47 Å². The van der Waals surface area contributed by atoms with E-state index in [0.717, 1.165) is 24.6 Å². The third-order valence-corrected chi connectivity index (χ3v) is 2.90. The van der Waals surface area contributed by atoms with Crippen LogP contribution in [0.25, 0.3) is 0 Å². The molecule has 2 rings (SSSR count). The van der Waals surface area contributed by atoms with Crippen LogP contribution in [0, 0.1) is 0 Å². The molecular weight excluding hydrogens is 230 g/mol. The SMILES string of the molecule is CCN(Cc1ccc2c(c1)OCO2)CC(C)(C)O. The van der Waals surface area contributed by atoms with Gasteiger partial charge in [-0.3, -0.25) is 4.90 Å². The number of ether oxygens (including phenoxy) is 2. The summed E-state index contributed by atoms with van der Waals surface area (Å²) in [7, 11) is 0. The Labute approximate surface area is 108 Å². The van der Waals surface area contributed by atoms with Crippen molar-refractivity contribution in [2.24, 2.45) is 0 Å². The minimum absolute atomic E-state index is 0.306. The van der Waals surface area contributed by atoms with Crippen molar-refractivity contribution in [1.29, 1.82) is 0 Å². The molecule has 1 aliphatic heterocycles. The molecule has 0 aliphatic carbocycles. The van der Waals surface area contributed by atoms with Crippen LogP contribution in [0.1, 0.15) is 26.3 Å². The molecule has 1 N–H and O–H groups in total. The Kier molecular flexibility index (Phi) is 3.78. The summed E-state index contributed by atoms with van der Waals surface area (Å²) in [4.78, 5) is 2.21. The highest BCUT2D eigenvalue weighted by molar-refractivity contribution is 5.44. The standard InChI is InChI=1S/C14H21NO3/c1-4-15(9-14(2,3)16)8-11-5-6-12-13(7-11)18-10-17-12/h5-7,16H,4,8-10H2,1-3H3. The minimum Gasteiger partial charge on any atom is -0.454 e. The van der Waals surface area contributed by atoms with Gasteiger partial charge in [0.15, 0.2) is 11.5 Å². The maximum atomic E-state index is 9.87. The van der Waals surface area contributed by atoms with Crippen LogP contribution in [0.3, 0.4) is 0 Å². The molecule has 0 unspecified atom stereocenters. The quantitative estimate of drug-likeness (QED) is 0.869. The van der Waals surface area contributed by atoms with Gasteiger partial charge in [0.1, 0.15) is 0 Å². The molecule has 1 aromatic carbocycles. The first-order valence-electron chi connectivity index (χ1n) is 6.31. The van der Waals surface area contributed by atoms with Gasteiger partial charge in [-0.2, -0.15) is 0 Å². The zero-order valence-corrected chi connectivity index (χ0v) is 11.3. The minimum atomic E-state index is -0.674. The van der Waals surface area contributed by atoms with Crippen molar-refractivity contribution < 1.29 is 14.6 Å². The van der Waals surface area contributed by atoms with E-state index in [1.165, 1.54) is 5.56 Å². The average molecular weight is 251 g/mol. The second-order valence-corrected chi connectivity index (χ2v) is 5.30. The van der Waals surface area contributed by atoms with Crippen LogP contribution in [0.4, 0.5) is 0 Å². The fraction of sp³-hybridized carbons (Fsp3) is 0.571. The third-order valence-electron chi connectivity index (χ3n) is 2.90. The van der Waals surface area contributed by atoms with Crippen molar-refractivity contribution >= 4 is 0 Å². The van der Waals surface area contributed by atoms with Crippen molar-refractivity contribution in [1.82, 2.24) is 4.90 Å². The Balaban J connectivity index is 2.03. The topological polar surface area (TPSA) is 41.9 Å². The first-order chi connectivity index (χ1) is 8.48. The molecule has 1 aromatic rings. The molecule has 100 valence electrons. The van der Waals surface area contributed by atoms with Crippen molar-refractivity contribution in [3.63, 3.8) is 0 Å². The predicted molar refractivity (Wildman–Crippen MR) is 69.8 cm³/mol. The zero-order valence-electron chi connectivity index (χ0n) is 11.3. The van der Waals surface area contributed by atoms with Gasteiger partial charge in [-0.05, 0) is 38.1 Å². The van der Waals surface area contributed by atoms with E-state index in [4.69, 9.17) is 9.47 Å². The highest BCUT2D eigenvalue weighted by Crippen LogP contribution is 2.32. The molecule has 0 bridgehead atoms. The Morgan fingerprint density at radius 3 is 2.67 bits per heavy atom. The summed E-state index contributed by atoms with van der Waals surface area (Å²) in [6.07, 6.45) is 0. The second kappa shape index (κ2) is 5.16.